The Hall–Kier alpha value is -1.69. The van der Waals surface area contributed by atoms with Crippen LogP contribution in [0.5, 0.6) is 0 Å². The number of aromatic nitrogens is 2. The summed E-state index contributed by atoms with van der Waals surface area (Å²) in [6, 6.07) is 3.41. The molecule has 0 aliphatic heterocycles. The van der Waals surface area contributed by atoms with Gasteiger partial charge in [-0.25, -0.2) is 18.7 Å². The minimum absolute atomic E-state index is 0.166. The lowest BCUT2D eigenvalue weighted by molar-refractivity contribution is 0.577. The van der Waals surface area contributed by atoms with Gasteiger partial charge in [-0.2, -0.15) is 0 Å². The van der Waals surface area contributed by atoms with Crippen LogP contribution < -0.4 is 5.32 Å². The van der Waals surface area contributed by atoms with Gasteiger partial charge in [-0.05, 0) is 31.0 Å². The van der Waals surface area contributed by atoms with Crippen LogP contribution in [0.25, 0.3) is 0 Å². The molecule has 0 spiro atoms. The van der Waals surface area contributed by atoms with Gasteiger partial charge in [0.15, 0.2) is 0 Å². The summed E-state index contributed by atoms with van der Waals surface area (Å²) < 4.78 is 27.1. The number of hydrogen-bond acceptors (Lipinski definition) is 4. The molecule has 3 nitrogen and oxygen atoms in total. The van der Waals surface area contributed by atoms with Gasteiger partial charge in [0.25, 0.3) is 0 Å². The lowest BCUT2D eigenvalue weighted by Crippen LogP contribution is -2.07. The van der Waals surface area contributed by atoms with Gasteiger partial charge in [0.2, 0.25) is 0 Å². The third-order valence-electron chi connectivity index (χ3n) is 2.87. The van der Waals surface area contributed by atoms with E-state index in [1.54, 1.807) is 0 Å². The highest BCUT2D eigenvalue weighted by Gasteiger charge is 2.17. The maximum absolute atomic E-state index is 13.8. The fourth-order valence-corrected chi connectivity index (χ4v) is 3.04. The monoisotopic (exact) mass is 309 g/mol. The van der Waals surface area contributed by atoms with Gasteiger partial charge >= 0.3 is 0 Å². The van der Waals surface area contributed by atoms with Crippen LogP contribution >= 0.6 is 11.8 Å². The molecule has 6 heteroatoms. The Kier molecular flexibility index (Phi) is 5.12. The SMILES string of the molecule is CCNc1ncnc(Sc2cc(F)ccc2F)c1C(C)C. The topological polar surface area (TPSA) is 37.8 Å². The van der Waals surface area contributed by atoms with Gasteiger partial charge < -0.3 is 5.32 Å². The third-order valence-corrected chi connectivity index (χ3v) is 3.92. The molecule has 0 fully saturated rings. The van der Waals surface area contributed by atoms with E-state index in [1.807, 2.05) is 20.8 Å². The lowest BCUT2D eigenvalue weighted by Gasteiger charge is -2.16. The number of nitrogens with one attached hydrogen (secondary N) is 1. The fraction of sp³-hybridized carbons (Fsp3) is 0.333. The number of halogens is 2. The molecule has 1 heterocycles. The minimum atomic E-state index is -0.467. The van der Waals surface area contributed by atoms with Crippen LogP contribution in [0.1, 0.15) is 32.3 Å². The number of rotatable bonds is 5. The molecule has 0 aliphatic rings. The highest BCUT2D eigenvalue weighted by Crippen LogP contribution is 2.36. The number of benzene rings is 1. The summed E-state index contributed by atoms with van der Waals surface area (Å²) in [5.74, 6) is -0.0214. The van der Waals surface area contributed by atoms with Crippen molar-refractivity contribution in [2.24, 2.45) is 0 Å². The average molecular weight is 309 g/mol. The molecule has 0 saturated heterocycles. The van der Waals surface area contributed by atoms with Crippen LogP contribution in [0.2, 0.25) is 0 Å². The smallest absolute Gasteiger partial charge is 0.137 e. The molecule has 0 unspecified atom stereocenters. The Labute approximate surface area is 127 Å². The Morgan fingerprint density at radius 1 is 1.24 bits per heavy atom. The normalized spacial score (nSPS) is 11.0. The summed E-state index contributed by atoms with van der Waals surface area (Å²) in [5.41, 5.74) is 0.910. The van der Waals surface area contributed by atoms with Crippen molar-refractivity contribution in [1.82, 2.24) is 9.97 Å². The molecule has 0 aliphatic carbocycles. The first kappa shape index (κ1) is 15.7. The first-order valence-corrected chi connectivity index (χ1v) is 7.56. The second kappa shape index (κ2) is 6.85. The van der Waals surface area contributed by atoms with E-state index in [4.69, 9.17) is 0 Å². The van der Waals surface area contributed by atoms with Crippen LogP contribution in [-0.2, 0) is 0 Å². The van der Waals surface area contributed by atoms with Gasteiger partial charge in [-0.3, -0.25) is 0 Å². The molecule has 0 saturated carbocycles. The number of nitrogens with zero attached hydrogens (tertiary/aromatic N) is 2. The molecule has 0 amide bonds. The minimum Gasteiger partial charge on any atom is -0.370 e. The summed E-state index contributed by atoms with van der Waals surface area (Å²) in [5, 5.41) is 3.82. The molecule has 21 heavy (non-hydrogen) atoms. The maximum atomic E-state index is 13.8. The zero-order valence-corrected chi connectivity index (χ0v) is 13.0. The molecule has 2 aromatic rings. The summed E-state index contributed by atoms with van der Waals surface area (Å²) >= 11 is 1.12. The van der Waals surface area contributed by atoms with Crippen LogP contribution in [0.3, 0.4) is 0 Å². The summed E-state index contributed by atoms with van der Waals surface area (Å²) in [4.78, 5) is 8.68. The molecule has 0 radical (unpaired) electrons. The van der Waals surface area contributed by atoms with Gasteiger partial charge in [0.1, 0.15) is 28.8 Å². The molecular formula is C15H17F2N3S. The van der Waals surface area contributed by atoms with Crippen molar-refractivity contribution in [3.8, 4) is 0 Å². The molecule has 112 valence electrons. The van der Waals surface area contributed by atoms with Gasteiger partial charge in [0.05, 0.1) is 4.90 Å². The second-order valence-electron chi connectivity index (χ2n) is 4.80. The van der Waals surface area contributed by atoms with E-state index < -0.39 is 11.6 Å². The third kappa shape index (κ3) is 3.69. The maximum Gasteiger partial charge on any atom is 0.137 e. The van der Waals surface area contributed by atoms with Crippen molar-refractivity contribution in [3.63, 3.8) is 0 Å². The van der Waals surface area contributed by atoms with Crippen molar-refractivity contribution >= 4 is 17.6 Å². The van der Waals surface area contributed by atoms with Gasteiger partial charge in [0, 0.05) is 12.1 Å². The number of anilines is 1. The van der Waals surface area contributed by atoms with Crippen molar-refractivity contribution in [1.29, 1.82) is 0 Å². The molecule has 1 N–H and O–H groups in total. The van der Waals surface area contributed by atoms with Crippen LogP contribution in [0.15, 0.2) is 34.4 Å². The van der Waals surface area contributed by atoms with Gasteiger partial charge in [-0.1, -0.05) is 25.6 Å². The van der Waals surface area contributed by atoms with E-state index in [1.165, 1.54) is 12.4 Å². The Balaban J connectivity index is 2.43. The Morgan fingerprint density at radius 3 is 2.67 bits per heavy atom. The van der Waals surface area contributed by atoms with E-state index in [-0.39, 0.29) is 10.8 Å². The highest BCUT2D eigenvalue weighted by molar-refractivity contribution is 7.99. The molecule has 0 atom stereocenters. The Morgan fingerprint density at radius 2 is 2.00 bits per heavy atom. The summed E-state index contributed by atoms with van der Waals surface area (Å²) in [6.45, 7) is 6.75. The number of hydrogen-bond donors (Lipinski definition) is 1. The fourth-order valence-electron chi connectivity index (χ4n) is 1.95. The standard InChI is InChI=1S/C15H17F2N3S/c1-4-18-14-13(9(2)3)15(20-8-19-14)21-12-7-10(16)5-6-11(12)17/h5-9H,4H2,1-3H3,(H,18,19,20). The molecule has 2 rings (SSSR count). The largest absolute Gasteiger partial charge is 0.370 e. The van der Waals surface area contributed by atoms with E-state index in [2.05, 4.69) is 15.3 Å². The molecule has 0 bridgehead atoms. The predicted molar refractivity (Wildman–Crippen MR) is 80.8 cm³/mol. The molecule has 1 aromatic carbocycles. The van der Waals surface area contributed by atoms with Crippen LogP contribution in [-0.4, -0.2) is 16.5 Å². The zero-order valence-electron chi connectivity index (χ0n) is 12.2. The predicted octanol–water partition coefficient (Wildman–Crippen LogP) is 4.46. The van der Waals surface area contributed by atoms with Crippen molar-refractivity contribution in [2.45, 2.75) is 36.6 Å². The van der Waals surface area contributed by atoms with E-state index >= 15 is 0 Å². The first-order valence-electron chi connectivity index (χ1n) is 6.74. The highest BCUT2D eigenvalue weighted by atomic mass is 32.2. The Bertz CT molecular complexity index is 632. The summed E-state index contributed by atoms with van der Waals surface area (Å²) in [6.07, 6.45) is 1.43. The van der Waals surface area contributed by atoms with Gasteiger partial charge in [-0.15, -0.1) is 0 Å². The molecular weight excluding hydrogens is 292 g/mol. The van der Waals surface area contributed by atoms with Crippen LogP contribution in [0.4, 0.5) is 14.6 Å². The lowest BCUT2D eigenvalue weighted by atomic mass is 10.1. The van der Waals surface area contributed by atoms with Crippen molar-refractivity contribution in [3.05, 3.63) is 41.7 Å². The van der Waals surface area contributed by atoms with E-state index in [0.29, 0.717) is 5.03 Å². The zero-order chi connectivity index (χ0) is 15.4. The first-order chi connectivity index (χ1) is 10.0. The van der Waals surface area contributed by atoms with E-state index in [9.17, 15) is 8.78 Å². The second-order valence-corrected chi connectivity index (χ2v) is 5.83. The quantitative estimate of drug-likeness (QED) is 0.827. The average Bonchev–Trinajstić information content (AvgIpc) is 2.43. The van der Waals surface area contributed by atoms with E-state index in [0.717, 1.165) is 41.8 Å². The van der Waals surface area contributed by atoms with Crippen molar-refractivity contribution in [2.75, 3.05) is 11.9 Å². The van der Waals surface area contributed by atoms with Crippen molar-refractivity contribution < 1.29 is 8.78 Å². The van der Waals surface area contributed by atoms with Crippen LogP contribution in [0, 0.1) is 11.6 Å². The molecule has 1 aromatic heterocycles. The summed E-state index contributed by atoms with van der Waals surface area (Å²) in [7, 11) is 0.